The zero-order valence-electron chi connectivity index (χ0n) is 11.7. The minimum absolute atomic E-state index is 0.000787. The first-order valence-corrected chi connectivity index (χ1v) is 6.66. The molecule has 2 heteroatoms. The van der Waals surface area contributed by atoms with Gasteiger partial charge in [0.25, 0.3) is 0 Å². The van der Waals surface area contributed by atoms with Crippen molar-refractivity contribution in [2.24, 2.45) is 5.41 Å². The van der Waals surface area contributed by atoms with Gasteiger partial charge in [0.1, 0.15) is 0 Å². The van der Waals surface area contributed by atoms with Crippen LogP contribution in [0.4, 0.5) is 8.78 Å². The predicted molar refractivity (Wildman–Crippen MR) is 68.8 cm³/mol. The monoisotopic (exact) mass is 250 g/mol. The zero-order valence-corrected chi connectivity index (χ0v) is 11.7. The van der Waals surface area contributed by atoms with E-state index in [9.17, 15) is 8.78 Å². The van der Waals surface area contributed by atoms with Crippen LogP contribution in [0.15, 0.2) is 6.07 Å². The summed E-state index contributed by atoms with van der Waals surface area (Å²) in [7, 11) is 0. The van der Waals surface area contributed by atoms with Crippen LogP contribution in [-0.4, -0.2) is 0 Å². The van der Waals surface area contributed by atoms with Crippen molar-refractivity contribution in [3.05, 3.63) is 34.4 Å². The number of halogens is 2. The fourth-order valence-electron chi connectivity index (χ4n) is 4.81. The van der Waals surface area contributed by atoms with Gasteiger partial charge in [-0.1, -0.05) is 34.6 Å². The van der Waals surface area contributed by atoms with Gasteiger partial charge in [0.15, 0.2) is 11.6 Å². The molecule has 0 nitrogen and oxygen atoms in total. The van der Waals surface area contributed by atoms with Gasteiger partial charge in [-0.2, -0.15) is 0 Å². The number of hydrogen-bond acceptors (Lipinski definition) is 0. The second kappa shape index (κ2) is 2.97. The molecule has 0 amide bonds. The molecule has 0 aromatic heterocycles. The maximum Gasteiger partial charge on any atom is 0.162 e. The summed E-state index contributed by atoms with van der Waals surface area (Å²) in [6, 6.07) is 1.42. The Morgan fingerprint density at radius 1 is 1.17 bits per heavy atom. The molecule has 1 atom stereocenters. The van der Waals surface area contributed by atoms with Crippen molar-refractivity contribution >= 4 is 0 Å². The first-order valence-electron chi connectivity index (χ1n) is 6.66. The summed E-state index contributed by atoms with van der Waals surface area (Å²) in [6.45, 7) is 11.0. The highest BCUT2D eigenvalue weighted by Gasteiger charge is 2.66. The molecule has 3 rings (SSSR count). The molecular formula is C16H20F2. The predicted octanol–water partition coefficient (Wildman–Crippen LogP) is 4.49. The Hall–Kier alpha value is -0.920. The lowest BCUT2D eigenvalue weighted by molar-refractivity contribution is 0.0579. The van der Waals surface area contributed by atoms with Gasteiger partial charge in [0, 0.05) is 10.8 Å². The molecule has 2 aliphatic carbocycles. The Labute approximate surface area is 107 Å². The summed E-state index contributed by atoms with van der Waals surface area (Å²) in [6.07, 6.45) is 1.61. The Morgan fingerprint density at radius 2 is 1.78 bits per heavy atom. The molecule has 2 aliphatic rings. The normalized spacial score (nSPS) is 27.9. The standard InChI is InChI=1S/C16H20F2/c1-14(2,3)16-7-6-9-12(16)10(15(16,4)5)8-11(17)13(9)18/h8H,6-7H2,1-5H3. The highest BCUT2D eigenvalue weighted by atomic mass is 19.2. The summed E-state index contributed by atoms with van der Waals surface area (Å²) >= 11 is 0. The highest BCUT2D eigenvalue weighted by Crippen LogP contribution is 2.69. The molecule has 0 spiro atoms. The SMILES string of the molecule is CC(C)(C)C12CCc3c(F)c(F)cc(c31)C2(C)C. The van der Waals surface area contributed by atoms with Gasteiger partial charge in [0.2, 0.25) is 0 Å². The summed E-state index contributed by atoms with van der Waals surface area (Å²) in [5.74, 6) is -1.29. The largest absolute Gasteiger partial charge is 0.204 e. The molecule has 0 N–H and O–H groups in total. The highest BCUT2D eigenvalue weighted by molar-refractivity contribution is 5.62. The third-order valence-electron chi connectivity index (χ3n) is 5.51. The Kier molecular flexibility index (Phi) is 2.00. The lowest BCUT2D eigenvalue weighted by atomic mass is 9.41. The van der Waals surface area contributed by atoms with Gasteiger partial charge in [-0.05, 0) is 41.0 Å². The second-order valence-corrected chi connectivity index (χ2v) is 7.35. The Balaban J connectivity index is 2.37. The van der Waals surface area contributed by atoms with Gasteiger partial charge >= 0.3 is 0 Å². The Bertz CT molecular complexity index is 549. The van der Waals surface area contributed by atoms with Crippen molar-refractivity contribution in [2.75, 3.05) is 0 Å². The average Bonchev–Trinajstić information content (AvgIpc) is 2.62. The van der Waals surface area contributed by atoms with Crippen LogP contribution < -0.4 is 0 Å². The van der Waals surface area contributed by atoms with E-state index in [2.05, 4.69) is 34.6 Å². The van der Waals surface area contributed by atoms with Crippen LogP contribution in [-0.2, 0) is 17.3 Å². The van der Waals surface area contributed by atoms with E-state index in [1.54, 1.807) is 0 Å². The third kappa shape index (κ3) is 0.985. The van der Waals surface area contributed by atoms with Crippen molar-refractivity contribution in [1.29, 1.82) is 0 Å². The summed E-state index contributed by atoms with van der Waals surface area (Å²) in [5, 5.41) is 0. The third-order valence-corrected chi connectivity index (χ3v) is 5.51. The van der Waals surface area contributed by atoms with Crippen LogP contribution in [0.25, 0.3) is 0 Å². The number of hydrogen-bond donors (Lipinski definition) is 0. The van der Waals surface area contributed by atoms with Crippen LogP contribution in [0.5, 0.6) is 0 Å². The first kappa shape index (κ1) is 12.1. The molecule has 0 aliphatic heterocycles. The fraction of sp³-hybridized carbons (Fsp3) is 0.625. The van der Waals surface area contributed by atoms with E-state index in [4.69, 9.17) is 0 Å². The first-order chi connectivity index (χ1) is 8.14. The quantitative estimate of drug-likeness (QED) is 0.636. The summed E-state index contributed by atoms with van der Waals surface area (Å²) in [4.78, 5) is 0. The van der Waals surface area contributed by atoms with Crippen molar-refractivity contribution in [3.8, 4) is 0 Å². The smallest absolute Gasteiger partial charge is 0.162 e. The maximum atomic E-state index is 13.9. The maximum absolute atomic E-state index is 13.9. The van der Waals surface area contributed by atoms with Gasteiger partial charge < -0.3 is 0 Å². The van der Waals surface area contributed by atoms with Crippen LogP contribution in [0.3, 0.4) is 0 Å². The molecule has 1 aromatic carbocycles. The van der Waals surface area contributed by atoms with E-state index in [-0.39, 0.29) is 16.2 Å². The lowest BCUT2D eigenvalue weighted by Gasteiger charge is -2.62. The van der Waals surface area contributed by atoms with Crippen LogP contribution in [0, 0.1) is 17.0 Å². The molecular weight excluding hydrogens is 230 g/mol. The van der Waals surface area contributed by atoms with E-state index in [1.165, 1.54) is 6.07 Å². The number of benzene rings is 1. The molecule has 0 saturated heterocycles. The van der Waals surface area contributed by atoms with E-state index in [0.29, 0.717) is 12.0 Å². The second-order valence-electron chi connectivity index (χ2n) is 7.35. The molecule has 0 fully saturated rings. The minimum atomic E-state index is -0.679. The fourth-order valence-corrected chi connectivity index (χ4v) is 4.81. The van der Waals surface area contributed by atoms with Gasteiger partial charge in [-0.3, -0.25) is 0 Å². The average molecular weight is 250 g/mol. The van der Waals surface area contributed by atoms with E-state index >= 15 is 0 Å². The summed E-state index contributed by atoms with van der Waals surface area (Å²) in [5.41, 5.74) is 2.76. The van der Waals surface area contributed by atoms with Gasteiger partial charge in [-0.25, -0.2) is 8.78 Å². The molecule has 1 aromatic rings. The van der Waals surface area contributed by atoms with Crippen molar-refractivity contribution < 1.29 is 8.78 Å². The molecule has 98 valence electrons. The van der Waals surface area contributed by atoms with Crippen LogP contribution in [0.1, 0.15) is 57.7 Å². The number of rotatable bonds is 0. The molecule has 0 radical (unpaired) electrons. The van der Waals surface area contributed by atoms with Crippen LogP contribution in [0.2, 0.25) is 0 Å². The van der Waals surface area contributed by atoms with Gasteiger partial charge in [-0.15, -0.1) is 0 Å². The summed E-state index contributed by atoms with van der Waals surface area (Å²) < 4.78 is 27.6. The molecule has 1 unspecified atom stereocenters. The molecule has 0 bridgehead atoms. The lowest BCUT2D eigenvalue weighted by Crippen LogP contribution is -2.60. The van der Waals surface area contributed by atoms with Crippen molar-refractivity contribution in [3.63, 3.8) is 0 Å². The van der Waals surface area contributed by atoms with Crippen molar-refractivity contribution in [1.82, 2.24) is 0 Å². The molecule has 0 heterocycles. The van der Waals surface area contributed by atoms with E-state index in [1.807, 2.05) is 0 Å². The van der Waals surface area contributed by atoms with E-state index in [0.717, 1.165) is 17.5 Å². The van der Waals surface area contributed by atoms with E-state index < -0.39 is 11.6 Å². The van der Waals surface area contributed by atoms with Crippen LogP contribution >= 0.6 is 0 Å². The Morgan fingerprint density at radius 3 is 2.33 bits per heavy atom. The zero-order chi connectivity index (χ0) is 13.5. The van der Waals surface area contributed by atoms with Crippen molar-refractivity contribution in [2.45, 2.75) is 58.3 Å². The topological polar surface area (TPSA) is 0 Å². The van der Waals surface area contributed by atoms with Gasteiger partial charge in [0.05, 0.1) is 0 Å². The molecule has 18 heavy (non-hydrogen) atoms. The molecule has 0 saturated carbocycles. The minimum Gasteiger partial charge on any atom is -0.204 e.